The van der Waals surface area contributed by atoms with Gasteiger partial charge in [-0.1, -0.05) is 11.6 Å². The van der Waals surface area contributed by atoms with Crippen molar-refractivity contribution in [1.82, 2.24) is 4.98 Å². The first-order valence-electron chi connectivity index (χ1n) is 8.08. The summed E-state index contributed by atoms with van der Waals surface area (Å²) in [5.41, 5.74) is 2.34. The van der Waals surface area contributed by atoms with Gasteiger partial charge >= 0.3 is 0 Å². The lowest BCUT2D eigenvalue weighted by molar-refractivity contribution is -0.115. The summed E-state index contributed by atoms with van der Waals surface area (Å²) in [6.07, 6.45) is 9.12. The van der Waals surface area contributed by atoms with Crippen LogP contribution in [-0.4, -0.2) is 37.2 Å². The fourth-order valence-corrected chi connectivity index (χ4v) is 2.93. The van der Waals surface area contributed by atoms with Gasteiger partial charge in [0.25, 0.3) is 0 Å². The Hall–Kier alpha value is -1.88. The number of allylic oxidation sites excluding steroid dienone is 1. The quantitative estimate of drug-likeness (QED) is 0.869. The Morgan fingerprint density at radius 1 is 1.27 bits per heavy atom. The maximum absolute atomic E-state index is 12.0. The summed E-state index contributed by atoms with van der Waals surface area (Å²) in [5, 5.41) is 2.89. The van der Waals surface area contributed by atoms with Crippen LogP contribution in [0.1, 0.15) is 32.1 Å². The van der Waals surface area contributed by atoms with E-state index >= 15 is 0 Å². The Balaban J connectivity index is 1.53. The van der Waals surface area contributed by atoms with Gasteiger partial charge in [0.05, 0.1) is 25.1 Å². The standard InChI is InChI=1S/C17H23N3O2/c21-17(12-14-4-2-1-3-5-14)19-16-7-6-15(13-18-16)20-8-10-22-11-9-20/h4,6-7,13H,1-3,5,8-12H2,(H,18,19,21). The Bertz CT molecular complexity index is 533. The van der Waals surface area contributed by atoms with Crippen molar-refractivity contribution in [1.29, 1.82) is 0 Å². The molecule has 0 saturated carbocycles. The minimum absolute atomic E-state index is 0.0276. The Labute approximate surface area is 131 Å². The Kier molecular flexibility index (Phi) is 5.06. The van der Waals surface area contributed by atoms with E-state index < -0.39 is 0 Å². The average molecular weight is 301 g/mol. The van der Waals surface area contributed by atoms with E-state index in [9.17, 15) is 4.79 Å². The van der Waals surface area contributed by atoms with Crippen LogP contribution in [0.4, 0.5) is 11.5 Å². The second-order valence-electron chi connectivity index (χ2n) is 5.83. The molecule has 1 N–H and O–H groups in total. The molecule has 0 atom stereocenters. The van der Waals surface area contributed by atoms with Crippen LogP contribution in [0.3, 0.4) is 0 Å². The first kappa shape index (κ1) is 15.0. The molecule has 2 heterocycles. The number of anilines is 2. The number of ether oxygens (including phenoxy) is 1. The number of pyridine rings is 1. The van der Waals surface area contributed by atoms with Crippen molar-refractivity contribution in [3.05, 3.63) is 30.0 Å². The van der Waals surface area contributed by atoms with Crippen LogP contribution in [0.15, 0.2) is 30.0 Å². The maximum atomic E-state index is 12.0. The van der Waals surface area contributed by atoms with Gasteiger partial charge in [-0.15, -0.1) is 0 Å². The number of morpholine rings is 1. The number of hydrogen-bond donors (Lipinski definition) is 1. The van der Waals surface area contributed by atoms with Crippen LogP contribution in [-0.2, 0) is 9.53 Å². The molecule has 1 aromatic heterocycles. The zero-order valence-electron chi connectivity index (χ0n) is 12.9. The van der Waals surface area contributed by atoms with Crippen molar-refractivity contribution in [2.24, 2.45) is 0 Å². The van der Waals surface area contributed by atoms with E-state index in [0.717, 1.165) is 44.8 Å². The van der Waals surface area contributed by atoms with Gasteiger partial charge in [0.1, 0.15) is 5.82 Å². The monoisotopic (exact) mass is 301 g/mol. The van der Waals surface area contributed by atoms with Crippen LogP contribution in [0.5, 0.6) is 0 Å². The van der Waals surface area contributed by atoms with E-state index in [4.69, 9.17) is 4.74 Å². The normalized spacial score (nSPS) is 18.7. The lowest BCUT2D eigenvalue weighted by atomic mass is 9.97. The summed E-state index contributed by atoms with van der Waals surface area (Å²) < 4.78 is 5.35. The summed E-state index contributed by atoms with van der Waals surface area (Å²) in [4.78, 5) is 18.6. The van der Waals surface area contributed by atoms with Crippen molar-refractivity contribution < 1.29 is 9.53 Å². The van der Waals surface area contributed by atoms with E-state index in [1.165, 1.54) is 18.4 Å². The topological polar surface area (TPSA) is 54.5 Å². The van der Waals surface area contributed by atoms with Gasteiger partial charge in [0.15, 0.2) is 0 Å². The highest BCUT2D eigenvalue weighted by Crippen LogP contribution is 2.21. The molecule has 1 aliphatic heterocycles. The van der Waals surface area contributed by atoms with Crippen LogP contribution in [0.2, 0.25) is 0 Å². The number of rotatable bonds is 4. The highest BCUT2D eigenvalue weighted by Gasteiger charge is 2.12. The highest BCUT2D eigenvalue weighted by molar-refractivity contribution is 5.91. The maximum Gasteiger partial charge on any atom is 0.229 e. The SMILES string of the molecule is O=C(CC1=CCCCC1)Nc1ccc(N2CCOCC2)cn1. The van der Waals surface area contributed by atoms with E-state index in [2.05, 4.69) is 21.3 Å². The van der Waals surface area contributed by atoms with Gasteiger partial charge in [-0.2, -0.15) is 0 Å². The van der Waals surface area contributed by atoms with E-state index in [1.807, 2.05) is 18.3 Å². The first-order valence-corrected chi connectivity index (χ1v) is 8.08. The summed E-state index contributed by atoms with van der Waals surface area (Å²) in [5.74, 6) is 0.651. The number of carbonyl (C=O) groups is 1. The van der Waals surface area contributed by atoms with E-state index in [0.29, 0.717) is 12.2 Å². The molecule has 0 bridgehead atoms. The van der Waals surface area contributed by atoms with E-state index in [1.54, 1.807) is 0 Å². The third-order valence-corrected chi connectivity index (χ3v) is 4.16. The Morgan fingerprint density at radius 3 is 2.82 bits per heavy atom. The number of nitrogens with one attached hydrogen (secondary N) is 1. The summed E-state index contributed by atoms with van der Waals surface area (Å²) in [7, 11) is 0. The molecular weight excluding hydrogens is 278 g/mol. The van der Waals surface area contributed by atoms with E-state index in [-0.39, 0.29) is 5.91 Å². The molecule has 118 valence electrons. The molecule has 5 nitrogen and oxygen atoms in total. The van der Waals surface area contributed by atoms with Crippen LogP contribution >= 0.6 is 0 Å². The fourth-order valence-electron chi connectivity index (χ4n) is 2.93. The molecule has 0 unspecified atom stereocenters. The zero-order chi connectivity index (χ0) is 15.2. The average Bonchev–Trinajstić information content (AvgIpc) is 2.57. The van der Waals surface area contributed by atoms with Crippen LogP contribution in [0.25, 0.3) is 0 Å². The minimum Gasteiger partial charge on any atom is -0.378 e. The summed E-state index contributed by atoms with van der Waals surface area (Å²) in [6.45, 7) is 3.30. The second-order valence-corrected chi connectivity index (χ2v) is 5.83. The molecule has 1 amide bonds. The molecule has 1 aliphatic carbocycles. The number of nitrogens with zero attached hydrogens (tertiary/aromatic N) is 2. The number of aromatic nitrogens is 1. The van der Waals surface area contributed by atoms with Gasteiger partial charge in [0.2, 0.25) is 5.91 Å². The van der Waals surface area contributed by atoms with Crippen molar-refractivity contribution in [3.63, 3.8) is 0 Å². The van der Waals surface area contributed by atoms with Crippen molar-refractivity contribution in [2.75, 3.05) is 36.5 Å². The lowest BCUT2D eigenvalue weighted by Gasteiger charge is -2.28. The molecule has 0 radical (unpaired) electrons. The van der Waals surface area contributed by atoms with Crippen molar-refractivity contribution in [3.8, 4) is 0 Å². The van der Waals surface area contributed by atoms with Crippen LogP contribution < -0.4 is 10.2 Å². The predicted octanol–water partition coefficient (Wildman–Crippen LogP) is 2.75. The van der Waals surface area contributed by atoms with Gasteiger partial charge in [0, 0.05) is 19.5 Å². The molecular formula is C17H23N3O2. The second kappa shape index (κ2) is 7.40. The van der Waals surface area contributed by atoms with Crippen LogP contribution in [0, 0.1) is 0 Å². The van der Waals surface area contributed by atoms with Crippen molar-refractivity contribution in [2.45, 2.75) is 32.1 Å². The third kappa shape index (κ3) is 4.07. The summed E-state index contributed by atoms with van der Waals surface area (Å²) >= 11 is 0. The largest absolute Gasteiger partial charge is 0.378 e. The first-order chi connectivity index (χ1) is 10.8. The fraction of sp³-hybridized carbons (Fsp3) is 0.529. The lowest BCUT2D eigenvalue weighted by Crippen LogP contribution is -2.36. The Morgan fingerprint density at radius 2 is 2.14 bits per heavy atom. The minimum atomic E-state index is 0.0276. The summed E-state index contributed by atoms with van der Waals surface area (Å²) in [6, 6.07) is 3.88. The zero-order valence-corrected chi connectivity index (χ0v) is 12.9. The van der Waals surface area contributed by atoms with Crippen molar-refractivity contribution >= 4 is 17.4 Å². The van der Waals surface area contributed by atoms with Gasteiger partial charge in [-0.25, -0.2) is 4.98 Å². The van der Waals surface area contributed by atoms with Gasteiger partial charge in [-0.05, 0) is 37.8 Å². The molecule has 1 aromatic rings. The molecule has 1 saturated heterocycles. The number of amides is 1. The smallest absolute Gasteiger partial charge is 0.229 e. The molecule has 2 aliphatic rings. The molecule has 3 rings (SSSR count). The molecule has 0 aromatic carbocycles. The molecule has 5 heteroatoms. The molecule has 0 spiro atoms. The highest BCUT2D eigenvalue weighted by atomic mass is 16.5. The van der Waals surface area contributed by atoms with Gasteiger partial charge < -0.3 is 15.0 Å². The van der Waals surface area contributed by atoms with Gasteiger partial charge in [-0.3, -0.25) is 4.79 Å². The molecule has 1 fully saturated rings. The number of carbonyl (C=O) groups excluding carboxylic acids is 1. The predicted molar refractivity (Wildman–Crippen MR) is 87.1 cm³/mol. The third-order valence-electron chi connectivity index (χ3n) is 4.16. The number of hydrogen-bond acceptors (Lipinski definition) is 4. The molecule has 22 heavy (non-hydrogen) atoms.